The summed E-state index contributed by atoms with van der Waals surface area (Å²) in [6.45, 7) is 1.20. The molecule has 0 bridgehead atoms. The van der Waals surface area contributed by atoms with Crippen LogP contribution in [0.3, 0.4) is 0 Å². The van der Waals surface area contributed by atoms with Crippen LogP contribution in [0.2, 0.25) is 0 Å². The van der Waals surface area contributed by atoms with Gasteiger partial charge < -0.3 is 15.5 Å². The van der Waals surface area contributed by atoms with E-state index in [0.29, 0.717) is 19.0 Å². The summed E-state index contributed by atoms with van der Waals surface area (Å²) in [4.78, 5) is 6.24. The van der Waals surface area contributed by atoms with Gasteiger partial charge in [-0.3, -0.25) is 4.99 Å². The molecule has 2 rings (SSSR count). The van der Waals surface area contributed by atoms with Gasteiger partial charge in [0, 0.05) is 39.9 Å². The molecule has 6 heteroatoms. The number of nitrogens with zero attached hydrogens (tertiary/aromatic N) is 2. The zero-order chi connectivity index (χ0) is 16.7. The molecule has 2 aromatic carbocycles. The molecule has 0 fully saturated rings. The van der Waals surface area contributed by atoms with Crippen LogP contribution in [0.15, 0.2) is 53.5 Å². The second-order valence-corrected chi connectivity index (χ2v) is 5.47. The van der Waals surface area contributed by atoms with Crippen molar-refractivity contribution in [3.63, 3.8) is 0 Å². The van der Waals surface area contributed by atoms with Gasteiger partial charge in [0.2, 0.25) is 0 Å². The molecular formula is C18H24FIN4. The number of hydrogen-bond donors (Lipinski definition) is 2. The number of hydrogen-bond acceptors (Lipinski definition) is 2. The highest BCUT2D eigenvalue weighted by Crippen LogP contribution is 2.11. The lowest BCUT2D eigenvalue weighted by molar-refractivity contribution is 0.624. The Balaban J connectivity index is 0.00000288. The van der Waals surface area contributed by atoms with E-state index in [9.17, 15) is 4.39 Å². The summed E-state index contributed by atoms with van der Waals surface area (Å²) in [6, 6.07) is 14.9. The standard InChI is InChI=1S/C18H23FN4.HI/c1-20-18(22-13-15-5-4-6-16(19)11-15)21-12-14-7-9-17(10-8-14)23(2)3;/h4-11H,12-13H2,1-3H3,(H2,20,21,22);1H. The van der Waals surface area contributed by atoms with Gasteiger partial charge in [0.25, 0.3) is 0 Å². The fourth-order valence-corrected chi connectivity index (χ4v) is 2.15. The summed E-state index contributed by atoms with van der Waals surface area (Å²) in [6.07, 6.45) is 0. The topological polar surface area (TPSA) is 39.7 Å². The number of guanidine groups is 1. The third kappa shape index (κ3) is 6.35. The smallest absolute Gasteiger partial charge is 0.191 e. The Hall–Kier alpha value is -1.83. The van der Waals surface area contributed by atoms with Crippen LogP contribution in [0.1, 0.15) is 11.1 Å². The van der Waals surface area contributed by atoms with Crippen molar-refractivity contribution >= 4 is 35.6 Å². The molecule has 0 aliphatic carbocycles. The third-order valence-corrected chi connectivity index (χ3v) is 3.49. The second-order valence-electron chi connectivity index (χ2n) is 5.47. The molecule has 0 saturated carbocycles. The van der Waals surface area contributed by atoms with Gasteiger partial charge in [-0.1, -0.05) is 24.3 Å². The monoisotopic (exact) mass is 442 g/mol. The molecule has 0 unspecified atom stereocenters. The summed E-state index contributed by atoms with van der Waals surface area (Å²) < 4.78 is 13.2. The molecular weight excluding hydrogens is 418 g/mol. The summed E-state index contributed by atoms with van der Waals surface area (Å²) in [5.41, 5.74) is 3.22. The molecule has 0 aliphatic heterocycles. The number of aliphatic imine (C=N–C) groups is 1. The van der Waals surface area contributed by atoms with Crippen molar-refractivity contribution in [3.8, 4) is 0 Å². The molecule has 4 nitrogen and oxygen atoms in total. The van der Waals surface area contributed by atoms with E-state index >= 15 is 0 Å². The zero-order valence-corrected chi connectivity index (χ0v) is 16.5. The average molecular weight is 442 g/mol. The fraction of sp³-hybridized carbons (Fsp3) is 0.278. The molecule has 0 heterocycles. The highest BCUT2D eigenvalue weighted by Gasteiger charge is 2.01. The van der Waals surface area contributed by atoms with Gasteiger partial charge in [0.15, 0.2) is 5.96 Å². The Morgan fingerprint density at radius 3 is 2.17 bits per heavy atom. The molecule has 2 N–H and O–H groups in total. The minimum Gasteiger partial charge on any atom is -0.378 e. The molecule has 2 aromatic rings. The fourth-order valence-electron chi connectivity index (χ4n) is 2.15. The van der Waals surface area contributed by atoms with Crippen LogP contribution in [0.4, 0.5) is 10.1 Å². The molecule has 0 atom stereocenters. The van der Waals surface area contributed by atoms with Gasteiger partial charge in [-0.25, -0.2) is 4.39 Å². The number of rotatable bonds is 5. The molecule has 24 heavy (non-hydrogen) atoms. The lowest BCUT2D eigenvalue weighted by Gasteiger charge is -2.14. The van der Waals surface area contributed by atoms with Crippen molar-refractivity contribution in [1.82, 2.24) is 10.6 Å². The van der Waals surface area contributed by atoms with Crippen molar-refractivity contribution in [1.29, 1.82) is 0 Å². The van der Waals surface area contributed by atoms with E-state index < -0.39 is 0 Å². The average Bonchev–Trinajstić information content (AvgIpc) is 2.55. The lowest BCUT2D eigenvalue weighted by Crippen LogP contribution is -2.36. The molecule has 0 saturated heterocycles. The van der Waals surface area contributed by atoms with E-state index in [2.05, 4.69) is 44.8 Å². The van der Waals surface area contributed by atoms with Crippen molar-refractivity contribution in [2.75, 3.05) is 26.0 Å². The van der Waals surface area contributed by atoms with E-state index in [1.54, 1.807) is 13.1 Å². The quantitative estimate of drug-likeness (QED) is 0.424. The van der Waals surface area contributed by atoms with Gasteiger partial charge >= 0.3 is 0 Å². The van der Waals surface area contributed by atoms with Crippen LogP contribution in [-0.4, -0.2) is 27.1 Å². The van der Waals surface area contributed by atoms with Crippen molar-refractivity contribution < 1.29 is 4.39 Å². The van der Waals surface area contributed by atoms with Crippen LogP contribution < -0.4 is 15.5 Å². The second kappa shape index (κ2) is 10.1. The van der Waals surface area contributed by atoms with Crippen molar-refractivity contribution in [3.05, 3.63) is 65.5 Å². The molecule has 0 amide bonds. The van der Waals surface area contributed by atoms with Gasteiger partial charge in [0.05, 0.1) is 0 Å². The summed E-state index contributed by atoms with van der Waals surface area (Å²) in [7, 11) is 5.76. The first kappa shape index (κ1) is 20.2. The highest BCUT2D eigenvalue weighted by molar-refractivity contribution is 14.0. The van der Waals surface area contributed by atoms with Crippen LogP contribution in [-0.2, 0) is 13.1 Å². The lowest BCUT2D eigenvalue weighted by atomic mass is 10.2. The predicted molar refractivity (Wildman–Crippen MR) is 110 cm³/mol. The summed E-state index contributed by atoms with van der Waals surface area (Å²) in [5.74, 6) is 0.458. The first-order valence-electron chi connectivity index (χ1n) is 7.53. The van der Waals surface area contributed by atoms with Gasteiger partial charge in [-0.2, -0.15) is 0 Å². The maximum atomic E-state index is 13.2. The maximum Gasteiger partial charge on any atom is 0.191 e. The van der Waals surface area contributed by atoms with Gasteiger partial charge in [0.1, 0.15) is 5.82 Å². The Labute approximate surface area is 160 Å². The molecule has 0 spiro atoms. The van der Waals surface area contributed by atoms with Gasteiger partial charge in [-0.15, -0.1) is 24.0 Å². The first-order chi connectivity index (χ1) is 11.1. The van der Waals surface area contributed by atoms with Crippen LogP contribution in [0, 0.1) is 5.82 Å². The Kier molecular flexibility index (Phi) is 8.53. The summed E-state index contributed by atoms with van der Waals surface area (Å²) >= 11 is 0. The van der Waals surface area contributed by atoms with Crippen LogP contribution in [0.5, 0.6) is 0 Å². The Morgan fingerprint density at radius 2 is 1.62 bits per heavy atom. The zero-order valence-electron chi connectivity index (χ0n) is 14.2. The van der Waals surface area contributed by atoms with Gasteiger partial charge in [-0.05, 0) is 35.4 Å². The molecule has 0 radical (unpaired) electrons. The normalized spacial score (nSPS) is 10.8. The Morgan fingerprint density at radius 1 is 1.00 bits per heavy atom. The van der Waals surface area contributed by atoms with E-state index in [-0.39, 0.29) is 29.8 Å². The number of benzene rings is 2. The SMILES string of the molecule is CN=C(NCc1ccc(N(C)C)cc1)NCc1cccc(F)c1.I. The van der Waals surface area contributed by atoms with E-state index in [1.165, 1.54) is 23.4 Å². The first-order valence-corrected chi connectivity index (χ1v) is 7.53. The van der Waals surface area contributed by atoms with E-state index in [1.807, 2.05) is 20.2 Å². The van der Waals surface area contributed by atoms with E-state index in [4.69, 9.17) is 0 Å². The number of nitrogens with one attached hydrogen (secondary N) is 2. The molecule has 130 valence electrons. The number of anilines is 1. The van der Waals surface area contributed by atoms with Crippen LogP contribution in [0.25, 0.3) is 0 Å². The minimum atomic E-state index is -0.228. The molecule has 0 aliphatic rings. The van der Waals surface area contributed by atoms with Crippen molar-refractivity contribution in [2.24, 2.45) is 4.99 Å². The Bertz CT molecular complexity index is 656. The largest absolute Gasteiger partial charge is 0.378 e. The number of halogens is 2. The third-order valence-electron chi connectivity index (χ3n) is 3.49. The predicted octanol–water partition coefficient (Wildman–Crippen LogP) is 3.37. The van der Waals surface area contributed by atoms with E-state index in [0.717, 1.165) is 5.56 Å². The van der Waals surface area contributed by atoms with Crippen LogP contribution >= 0.6 is 24.0 Å². The highest BCUT2D eigenvalue weighted by atomic mass is 127. The van der Waals surface area contributed by atoms with Crippen molar-refractivity contribution in [2.45, 2.75) is 13.1 Å². The molecule has 0 aromatic heterocycles. The minimum absolute atomic E-state index is 0. The summed E-state index contributed by atoms with van der Waals surface area (Å²) in [5, 5.41) is 6.43. The maximum absolute atomic E-state index is 13.2.